The Morgan fingerprint density at radius 2 is 2.11 bits per heavy atom. The van der Waals surface area contributed by atoms with Crippen LogP contribution in [0.25, 0.3) is 11.0 Å². The third kappa shape index (κ3) is 2.17. The van der Waals surface area contributed by atoms with Crippen molar-refractivity contribution in [3.05, 3.63) is 63.5 Å². The highest BCUT2D eigenvalue weighted by Gasteiger charge is 2.19. The second-order valence-electron chi connectivity index (χ2n) is 3.93. The van der Waals surface area contributed by atoms with Crippen LogP contribution in [0.2, 0.25) is 5.02 Å². The smallest absolute Gasteiger partial charge is 0.247 e. The van der Waals surface area contributed by atoms with Gasteiger partial charge in [0.15, 0.2) is 11.3 Å². The summed E-state index contributed by atoms with van der Waals surface area (Å²) in [6.07, 6.45) is 1.56. The predicted octanol–water partition coefficient (Wildman–Crippen LogP) is 4.47. The van der Waals surface area contributed by atoms with Gasteiger partial charge in [0, 0.05) is 16.1 Å². The number of halogens is 2. The Kier molecular flexibility index (Phi) is 3.12. The molecule has 0 saturated carbocycles. The summed E-state index contributed by atoms with van der Waals surface area (Å²) >= 11 is 9.32. The van der Waals surface area contributed by atoms with Gasteiger partial charge in [0.1, 0.15) is 5.69 Å². The van der Waals surface area contributed by atoms with Gasteiger partial charge in [-0.05, 0) is 40.2 Å². The molecule has 0 unspecified atom stereocenters. The Bertz CT molecular complexity index is 782. The van der Waals surface area contributed by atoms with Crippen LogP contribution in [0.5, 0.6) is 0 Å². The van der Waals surface area contributed by atoms with Gasteiger partial charge in [-0.2, -0.15) is 0 Å². The highest BCUT2D eigenvalue weighted by Crippen LogP contribution is 2.28. The fraction of sp³-hybridized carbons (Fsp3) is 0. The molecule has 0 aliphatic rings. The maximum absolute atomic E-state index is 12.3. The minimum Gasteiger partial charge on any atom is -0.451 e. The molecule has 0 aliphatic heterocycles. The Hall–Kier alpha value is -1.65. The number of aromatic nitrogens is 1. The fourth-order valence-corrected chi connectivity index (χ4v) is 2.46. The topological polar surface area (TPSA) is 43.1 Å². The summed E-state index contributed by atoms with van der Waals surface area (Å²) in [7, 11) is 0. The molecule has 0 radical (unpaired) electrons. The van der Waals surface area contributed by atoms with Crippen LogP contribution in [0.3, 0.4) is 0 Å². The zero-order chi connectivity index (χ0) is 13.4. The molecule has 3 aromatic rings. The minimum absolute atomic E-state index is 0.225. The van der Waals surface area contributed by atoms with E-state index in [1.165, 1.54) is 0 Å². The van der Waals surface area contributed by atoms with E-state index in [1.807, 2.05) is 12.1 Å². The molecule has 0 aliphatic carbocycles. The Balaban J connectivity index is 2.12. The van der Waals surface area contributed by atoms with Crippen molar-refractivity contribution < 1.29 is 9.21 Å². The normalized spacial score (nSPS) is 10.8. The summed E-state index contributed by atoms with van der Waals surface area (Å²) in [5.41, 5.74) is 0.831. The molecule has 5 heteroatoms. The highest BCUT2D eigenvalue weighted by atomic mass is 79.9. The van der Waals surface area contributed by atoms with Crippen molar-refractivity contribution in [3.8, 4) is 0 Å². The number of benzene rings is 1. The van der Waals surface area contributed by atoms with E-state index in [0.29, 0.717) is 20.8 Å². The summed E-state index contributed by atoms with van der Waals surface area (Å²) in [5, 5.41) is 1.28. The molecule has 3 rings (SSSR count). The van der Waals surface area contributed by atoms with Gasteiger partial charge in [0.05, 0.1) is 5.02 Å². The van der Waals surface area contributed by atoms with Gasteiger partial charge in [-0.15, -0.1) is 0 Å². The lowest BCUT2D eigenvalue weighted by atomic mass is 10.2. The van der Waals surface area contributed by atoms with Crippen LogP contribution in [0.1, 0.15) is 16.2 Å². The summed E-state index contributed by atoms with van der Waals surface area (Å²) < 4.78 is 6.16. The highest BCUT2D eigenvalue weighted by molar-refractivity contribution is 9.10. The molecular formula is C14H7BrClNO2. The zero-order valence-electron chi connectivity index (χ0n) is 9.56. The van der Waals surface area contributed by atoms with Crippen molar-refractivity contribution in [3.63, 3.8) is 0 Å². The third-order valence-corrected chi connectivity index (χ3v) is 3.63. The van der Waals surface area contributed by atoms with Crippen LogP contribution in [-0.2, 0) is 0 Å². The first-order valence-corrected chi connectivity index (χ1v) is 6.67. The lowest BCUT2D eigenvalue weighted by Crippen LogP contribution is -2.03. The number of nitrogens with zero attached hydrogens (tertiary/aromatic N) is 1. The van der Waals surface area contributed by atoms with Gasteiger partial charge >= 0.3 is 0 Å². The van der Waals surface area contributed by atoms with E-state index in [-0.39, 0.29) is 11.5 Å². The standard InChI is InChI=1S/C14H7BrClNO2/c15-9-4-2-6-17-12(9)13(18)11-7-8-3-1-5-10(16)14(8)19-11/h1-7H. The number of ketones is 1. The Labute approximate surface area is 122 Å². The molecule has 0 bridgehead atoms. The van der Waals surface area contributed by atoms with Crippen LogP contribution >= 0.6 is 27.5 Å². The van der Waals surface area contributed by atoms with E-state index in [9.17, 15) is 4.79 Å². The van der Waals surface area contributed by atoms with E-state index in [1.54, 1.807) is 30.5 Å². The second kappa shape index (κ2) is 4.79. The van der Waals surface area contributed by atoms with Crippen LogP contribution in [0.4, 0.5) is 0 Å². The first kappa shape index (κ1) is 12.4. The predicted molar refractivity (Wildman–Crippen MR) is 76.6 cm³/mol. The van der Waals surface area contributed by atoms with Crippen molar-refractivity contribution in [1.29, 1.82) is 0 Å². The summed E-state index contributed by atoms with van der Waals surface area (Å²) in [5.74, 6) is -0.0535. The number of carbonyl (C=O) groups excluding carboxylic acids is 1. The Morgan fingerprint density at radius 1 is 1.26 bits per heavy atom. The lowest BCUT2D eigenvalue weighted by Gasteiger charge is -1.98. The van der Waals surface area contributed by atoms with Crippen molar-refractivity contribution >= 4 is 44.3 Å². The third-order valence-electron chi connectivity index (χ3n) is 2.69. The number of pyridine rings is 1. The monoisotopic (exact) mass is 335 g/mol. The summed E-state index contributed by atoms with van der Waals surface area (Å²) in [6, 6.07) is 10.6. The molecule has 2 heterocycles. The van der Waals surface area contributed by atoms with Crippen molar-refractivity contribution in [2.75, 3.05) is 0 Å². The van der Waals surface area contributed by atoms with Gasteiger partial charge in [0.25, 0.3) is 0 Å². The maximum atomic E-state index is 12.3. The largest absolute Gasteiger partial charge is 0.451 e. The molecule has 19 heavy (non-hydrogen) atoms. The molecule has 94 valence electrons. The molecular weight excluding hydrogens is 330 g/mol. The van der Waals surface area contributed by atoms with Crippen LogP contribution in [0, 0.1) is 0 Å². The number of rotatable bonds is 2. The SMILES string of the molecule is O=C(c1cc2cccc(Cl)c2o1)c1ncccc1Br. The van der Waals surface area contributed by atoms with Gasteiger partial charge in [0.2, 0.25) is 5.78 Å². The van der Waals surface area contributed by atoms with E-state index in [2.05, 4.69) is 20.9 Å². The molecule has 0 N–H and O–H groups in total. The van der Waals surface area contributed by atoms with E-state index in [0.717, 1.165) is 5.39 Å². The van der Waals surface area contributed by atoms with E-state index in [4.69, 9.17) is 16.0 Å². The van der Waals surface area contributed by atoms with Crippen LogP contribution in [-0.4, -0.2) is 10.8 Å². The quantitative estimate of drug-likeness (QED) is 0.648. The lowest BCUT2D eigenvalue weighted by molar-refractivity contribution is 0.101. The van der Waals surface area contributed by atoms with Gasteiger partial charge in [-0.25, -0.2) is 0 Å². The maximum Gasteiger partial charge on any atom is 0.247 e. The number of para-hydroxylation sites is 1. The molecule has 1 aromatic carbocycles. The Morgan fingerprint density at radius 3 is 2.84 bits per heavy atom. The number of carbonyl (C=O) groups is 1. The van der Waals surface area contributed by atoms with Crippen molar-refractivity contribution in [1.82, 2.24) is 4.98 Å². The average molecular weight is 337 g/mol. The van der Waals surface area contributed by atoms with Crippen LogP contribution < -0.4 is 0 Å². The zero-order valence-corrected chi connectivity index (χ0v) is 11.9. The molecule has 0 spiro atoms. The van der Waals surface area contributed by atoms with E-state index >= 15 is 0 Å². The number of fused-ring (bicyclic) bond motifs is 1. The van der Waals surface area contributed by atoms with Gasteiger partial charge in [-0.3, -0.25) is 9.78 Å². The molecule has 2 aromatic heterocycles. The van der Waals surface area contributed by atoms with E-state index < -0.39 is 0 Å². The number of furan rings is 1. The molecule has 0 fully saturated rings. The number of hydrogen-bond donors (Lipinski definition) is 0. The fourth-order valence-electron chi connectivity index (χ4n) is 1.81. The van der Waals surface area contributed by atoms with Crippen LogP contribution in [0.15, 0.2) is 51.5 Å². The van der Waals surface area contributed by atoms with Gasteiger partial charge in [-0.1, -0.05) is 23.7 Å². The van der Waals surface area contributed by atoms with Crippen molar-refractivity contribution in [2.45, 2.75) is 0 Å². The summed E-state index contributed by atoms with van der Waals surface area (Å²) in [6.45, 7) is 0. The average Bonchev–Trinajstić information content (AvgIpc) is 2.84. The molecule has 3 nitrogen and oxygen atoms in total. The molecule has 0 amide bonds. The summed E-state index contributed by atoms with van der Waals surface area (Å²) in [4.78, 5) is 16.4. The van der Waals surface area contributed by atoms with Crippen molar-refractivity contribution in [2.24, 2.45) is 0 Å². The van der Waals surface area contributed by atoms with Gasteiger partial charge < -0.3 is 4.42 Å². The second-order valence-corrected chi connectivity index (χ2v) is 5.19. The molecule has 0 atom stereocenters. The first-order valence-electron chi connectivity index (χ1n) is 5.50. The first-order chi connectivity index (χ1) is 9.16. The molecule has 0 saturated heterocycles. The number of hydrogen-bond acceptors (Lipinski definition) is 3. The minimum atomic E-state index is -0.278.